The topological polar surface area (TPSA) is 29.3 Å². The lowest BCUT2D eigenvalue weighted by Crippen LogP contribution is -2.48. The molecule has 17 heavy (non-hydrogen) atoms. The third-order valence-corrected chi connectivity index (χ3v) is 4.59. The summed E-state index contributed by atoms with van der Waals surface area (Å²) in [6, 6.07) is 3.08. The van der Waals surface area contributed by atoms with Gasteiger partial charge in [0.25, 0.3) is 0 Å². The van der Waals surface area contributed by atoms with Crippen molar-refractivity contribution < 1.29 is 0 Å². The first-order chi connectivity index (χ1) is 7.68. The highest BCUT2D eigenvalue weighted by atomic mass is 35.5. The number of hydrogen-bond donors (Lipinski definition) is 1. The molecule has 0 aliphatic carbocycles. The van der Waals surface area contributed by atoms with Crippen LogP contribution in [-0.2, 0) is 6.54 Å². The van der Waals surface area contributed by atoms with Gasteiger partial charge in [-0.05, 0) is 50.2 Å². The van der Waals surface area contributed by atoms with E-state index >= 15 is 0 Å². The molecule has 1 aromatic heterocycles. The van der Waals surface area contributed by atoms with E-state index in [0.717, 1.165) is 6.54 Å². The summed E-state index contributed by atoms with van der Waals surface area (Å²) in [4.78, 5) is 4.08. The van der Waals surface area contributed by atoms with E-state index in [1.54, 1.807) is 0 Å². The minimum Gasteiger partial charge on any atom is -0.327 e. The van der Waals surface area contributed by atoms with Gasteiger partial charge >= 0.3 is 0 Å². The van der Waals surface area contributed by atoms with Gasteiger partial charge in [0, 0.05) is 23.5 Å². The van der Waals surface area contributed by atoms with Crippen molar-refractivity contribution in [3.8, 4) is 0 Å². The molecule has 0 aromatic carbocycles. The van der Waals surface area contributed by atoms with Crippen LogP contribution in [-0.4, -0.2) is 23.5 Å². The van der Waals surface area contributed by atoms with Gasteiger partial charge in [-0.2, -0.15) is 0 Å². The van der Waals surface area contributed by atoms with E-state index in [2.05, 4.69) is 30.2 Å². The first-order valence-electron chi connectivity index (χ1n) is 6.21. The minimum absolute atomic E-state index is 0. The average Bonchev–Trinajstić information content (AvgIpc) is 2.65. The Labute approximate surface area is 115 Å². The third kappa shape index (κ3) is 3.68. The van der Waals surface area contributed by atoms with E-state index in [4.69, 9.17) is 5.73 Å². The highest BCUT2D eigenvalue weighted by molar-refractivity contribution is 7.10. The van der Waals surface area contributed by atoms with E-state index in [-0.39, 0.29) is 12.4 Å². The molecule has 0 spiro atoms. The lowest BCUT2D eigenvalue weighted by atomic mass is 9.97. The van der Waals surface area contributed by atoms with Crippen molar-refractivity contribution >= 4 is 23.7 Å². The molecule has 2 nitrogen and oxygen atoms in total. The van der Waals surface area contributed by atoms with Crippen molar-refractivity contribution in [1.29, 1.82) is 0 Å². The zero-order chi connectivity index (χ0) is 11.5. The van der Waals surface area contributed by atoms with Crippen molar-refractivity contribution in [2.75, 3.05) is 6.54 Å². The van der Waals surface area contributed by atoms with Crippen molar-refractivity contribution in [1.82, 2.24) is 4.90 Å². The van der Waals surface area contributed by atoms with Crippen LogP contribution in [0.25, 0.3) is 0 Å². The van der Waals surface area contributed by atoms with Crippen molar-refractivity contribution in [2.24, 2.45) is 5.73 Å². The molecular weight excluding hydrogens is 252 g/mol. The van der Waals surface area contributed by atoms with Crippen LogP contribution in [0, 0.1) is 6.92 Å². The maximum atomic E-state index is 6.09. The average molecular weight is 275 g/mol. The van der Waals surface area contributed by atoms with Gasteiger partial charge in [0.1, 0.15) is 0 Å². The standard InChI is InChI=1S/C13H22N2S.ClH/c1-10-6-8-16-13(10)9-15-7-4-3-5-12(15)11(2)14;/h6,8,11-12H,3-5,7,9,14H2,1-2H3;1H. The third-order valence-electron chi connectivity index (χ3n) is 3.59. The van der Waals surface area contributed by atoms with Crippen LogP contribution in [0.2, 0.25) is 0 Å². The number of thiophene rings is 1. The molecular formula is C13H23ClN2S. The number of likely N-dealkylation sites (tertiary alicyclic amines) is 1. The normalized spacial score (nSPS) is 23.1. The molecule has 1 aromatic rings. The Kier molecular flexibility index (Phi) is 5.93. The fourth-order valence-electron chi connectivity index (χ4n) is 2.56. The van der Waals surface area contributed by atoms with Crippen LogP contribution in [0.3, 0.4) is 0 Å². The molecule has 1 aliphatic rings. The summed E-state index contributed by atoms with van der Waals surface area (Å²) in [5.41, 5.74) is 7.52. The zero-order valence-electron chi connectivity index (χ0n) is 10.7. The van der Waals surface area contributed by atoms with Crippen LogP contribution >= 0.6 is 23.7 Å². The summed E-state index contributed by atoms with van der Waals surface area (Å²) in [7, 11) is 0. The summed E-state index contributed by atoms with van der Waals surface area (Å²) in [5, 5.41) is 2.19. The summed E-state index contributed by atoms with van der Waals surface area (Å²) in [6.45, 7) is 6.65. The van der Waals surface area contributed by atoms with Crippen LogP contribution in [0.1, 0.15) is 36.6 Å². The number of hydrogen-bond acceptors (Lipinski definition) is 3. The van der Waals surface area contributed by atoms with Gasteiger partial charge in [-0.25, -0.2) is 0 Å². The molecule has 1 saturated heterocycles. The summed E-state index contributed by atoms with van der Waals surface area (Å²) in [5.74, 6) is 0. The maximum absolute atomic E-state index is 6.09. The molecule has 0 radical (unpaired) electrons. The largest absolute Gasteiger partial charge is 0.327 e. The van der Waals surface area contributed by atoms with Crippen LogP contribution in [0.5, 0.6) is 0 Å². The first-order valence-corrected chi connectivity index (χ1v) is 7.09. The molecule has 2 heterocycles. The van der Waals surface area contributed by atoms with Crippen molar-refractivity contribution in [2.45, 2.75) is 51.7 Å². The molecule has 0 bridgehead atoms. The fraction of sp³-hybridized carbons (Fsp3) is 0.692. The van der Waals surface area contributed by atoms with Crippen LogP contribution < -0.4 is 5.73 Å². The van der Waals surface area contributed by atoms with E-state index in [1.165, 1.54) is 36.2 Å². The zero-order valence-corrected chi connectivity index (χ0v) is 12.3. The molecule has 2 N–H and O–H groups in total. The van der Waals surface area contributed by atoms with E-state index in [1.807, 2.05) is 11.3 Å². The lowest BCUT2D eigenvalue weighted by molar-refractivity contribution is 0.124. The Balaban J connectivity index is 0.00000144. The predicted octanol–water partition coefficient (Wildman–Crippen LogP) is 3.18. The second-order valence-electron chi connectivity index (χ2n) is 4.92. The molecule has 1 aliphatic heterocycles. The van der Waals surface area contributed by atoms with Gasteiger partial charge in [0.2, 0.25) is 0 Å². The molecule has 0 saturated carbocycles. The van der Waals surface area contributed by atoms with Gasteiger partial charge in [0.05, 0.1) is 0 Å². The summed E-state index contributed by atoms with van der Waals surface area (Å²) in [6.07, 6.45) is 3.93. The lowest BCUT2D eigenvalue weighted by Gasteiger charge is -2.37. The number of piperidine rings is 1. The SMILES string of the molecule is Cc1ccsc1CN1CCCCC1C(C)N.Cl. The van der Waals surface area contributed by atoms with E-state index < -0.39 is 0 Å². The Morgan fingerprint density at radius 2 is 2.29 bits per heavy atom. The number of nitrogens with two attached hydrogens (primary N) is 1. The monoisotopic (exact) mass is 274 g/mol. The number of aryl methyl sites for hydroxylation is 1. The second-order valence-corrected chi connectivity index (χ2v) is 5.92. The maximum Gasteiger partial charge on any atom is 0.0334 e. The van der Waals surface area contributed by atoms with E-state index in [0.29, 0.717) is 12.1 Å². The smallest absolute Gasteiger partial charge is 0.0334 e. The van der Waals surface area contributed by atoms with E-state index in [9.17, 15) is 0 Å². The Bertz CT molecular complexity index is 338. The van der Waals surface area contributed by atoms with Crippen molar-refractivity contribution in [3.05, 3.63) is 21.9 Å². The molecule has 2 atom stereocenters. The second kappa shape index (κ2) is 6.74. The van der Waals surface area contributed by atoms with Gasteiger partial charge in [0.15, 0.2) is 0 Å². The van der Waals surface area contributed by atoms with Gasteiger partial charge in [-0.1, -0.05) is 6.42 Å². The minimum atomic E-state index is 0. The quantitative estimate of drug-likeness (QED) is 0.917. The number of halogens is 1. The van der Waals surface area contributed by atoms with Gasteiger partial charge in [-0.3, -0.25) is 4.90 Å². The first kappa shape index (κ1) is 15.0. The van der Waals surface area contributed by atoms with Gasteiger partial charge < -0.3 is 5.73 Å². The van der Waals surface area contributed by atoms with Crippen molar-refractivity contribution in [3.63, 3.8) is 0 Å². The Hall–Kier alpha value is -0.0900. The number of nitrogens with zero attached hydrogens (tertiary/aromatic N) is 1. The van der Waals surface area contributed by atoms with Crippen LogP contribution in [0.15, 0.2) is 11.4 Å². The summed E-state index contributed by atoms with van der Waals surface area (Å²) >= 11 is 1.87. The highest BCUT2D eigenvalue weighted by Crippen LogP contribution is 2.24. The molecule has 2 unspecified atom stereocenters. The fourth-order valence-corrected chi connectivity index (χ4v) is 3.49. The number of rotatable bonds is 3. The van der Waals surface area contributed by atoms with Gasteiger partial charge in [-0.15, -0.1) is 23.7 Å². The molecule has 98 valence electrons. The molecule has 2 rings (SSSR count). The molecule has 1 fully saturated rings. The predicted molar refractivity (Wildman–Crippen MR) is 78.0 cm³/mol. The summed E-state index contributed by atoms with van der Waals surface area (Å²) < 4.78 is 0. The molecule has 0 amide bonds. The Morgan fingerprint density at radius 1 is 1.53 bits per heavy atom. The molecule has 4 heteroatoms. The Morgan fingerprint density at radius 3 is 2.88 bits per heavy atom. The highest BCUT2D eigenvalue weighted by Gasteiger charge is 2.25. The van der Waals surface area contributed by atoms with Crippen LogP contribution in [0.4, 0.5) is 0 Å².